The molecule has 2 aliphatic heterocycles. The van der Waals surface area contributed by atoms with Crippen LogP contribution in [0.3, 0.4) is 0 Å². The zero-order valence-electron chi connectivity index (χ0n) is 20.2. The molecule has 1 atom stereocenters. The van der Waals surface area contributed by atoms with Gasteiger partial charge in [-0.3, -0.25) is 0 Å². The normalized spacial score (nSPS) is 20.0. The molecule has 184 valence electrons. The summed E-state index contributed by atoms with van der Waals surface area (Å²) in [5.74, 6) is 0. The Balaban J connectivity index is 1.60. The molecule has 0 saturated carbocycles. The molecule has 7 heteroatoms. The zero-order chi connectivity index (χ0) is 25.5. The number of nitrogens with zero attached hydrogens (tertiary/aromatic N) is 1. The summed E-state index contributed by atoms with van der Waals surface area (Å²) in [5.41, 5.74) is 6.18. The van der Waals surface area contributed by atoms with Crippen LogP contribution in [0.5, 0.6) is 0 Å². The Morgan fingerprint density at radius 3 is 2.28 bits per heavy atom. The van der Waals surface area contributed by atoms with E-state index in [1.165, 1.54) is 16.9 Å². The van der Waals surface area contributed by atoms with Crippen LogP contribution in [0.4, 0.5) is 5.69 Å². The van der Waals surface area contributed by atoms with Crippen molar-refractivity contribution in [3.63, 3.8) is 0 Å². The summed E-state index contributed by atoms with van der Waals surface area (Å²) in [4.78, 5) is 2.22. The van der Waals surface area contributed by atoms with Crippen LogP contribution in [0.1, 0.15) is 30.5 Å². The third-order valence-electron chi connectivity index (χ3n) is 6.55. The zero-order valence-corrected chi connectivity index (χ0v) is 22.7. The molecule has 3 aromatic rings. The number of allylic oxidation sites excluding steroid dienone is 6. The van der Waals surface area contributed by atoms with E-state index in [1.54, 1.807) is 0 Å². The average Bonchev–Trinajstić information content (AvgIpc) is 3.05. The van der Waals surface area contributed by atoms with Gasteiger partial charge in [0.15, 0.2) is 0 Å². The number of rotatable bonds is 5. The molecule has 5 nitrogen and oxygen atoms in total. The fraction of sp³-hybridized carbons (Fsp3) is 0.138. The number of hydrogen-bond acceptors (Lipinski definition) is 5. The second kappa shape index (κ2) is 9.58. The van der Waals surface area contributed by atoms with Gasteiger partial charge in [0, 0.05) is 0 Å². The Bertz CT molecular complexity index is 1430. The van der Waals surface area contributed by atoms with Gasteiger partial charge in [-0.2, -0.15) is 0 Å². The van der Waals surface area contributed by atoms with Crippen molar-refractivity contribution in [1.29, 1.82) is 0 Å². The number of hydrogen-bond donors (Lipinski definition) is 0. The summed E-state index contributed by atoms with van der Waals surface area (Å²) in [5, 5.41) is 0. The van der Waals surface area contributed by atoms with Crippen LogP contribution < -0.4 is 23.3 Å². The number of halogens is 1. The number of anilines is 1. The number of para-hydroxylation sites is 1. The van der Waals surface area contributed by atoms with Gasteiger partial charge in [0.1, 0.15) is 0 Å². The molecule has 0 radical (unpaired) electrons. The second-order valence-electron chi connectivity index (χ2n) is 9.15. The van der Waals surface area contributed by atoms with Gasteiger partial charge in [-0.1, -0.05) is 0 Å². The molecule has 1 unspecified atom stereocenters. The number of fused-ring (bicyclic) bond motifs is 2. The SMILES string of the molecule is CN1/C(=C\C=C\C2=CC(c3ccccc3)=[Se](O[Cl+3]([O-])([O-])[O-])c3ccccc32)C(C)(C)c2ccccc21. The van der Waals surface area contributed by atoms with Crippen molar-refractivity contribution in [2.75, 3.05) is 11.9 Å². The van der Waals surface area contributed by atoms with E-state index in [0.29, 0.717) is 0 Å². The van der Waals surface area contributed by atoms with Crippen LogP contribution in [-0.2, 0) is 8.79 Å². The fourth-order valence-electron chi connectivity index (χ4n) is 4.88. The summed E-state index contributed by atoms with van der Waals surface area (Å²) in [6.07, 6.45) is 8.16. The van der Waals surface area contributed by atoms with E-state index >= 15 is 0 Å². The van der Waals surface area contributed by atoms with E-state index in [4.69, 9.17) is 3.37 Å². The predicted molar refractivity (Wildman–Crippen MR) is 137 cm³/mol. The van der Waals surface area contributed by atoms with Gasteiger partial charge in [0.25, 0.3) is 0 Å². The molecule has 36 heavy (non-hydrogen) atoms. The van der Waals surface area contributed by atoms with E-state index in [9.17, 15) is 14.0 Å². The second-order valence-corrected chi connectivity index (χ2v) is 13.8. The summed E-state index contributed by atoms with van der Waals surface area (Å²) in [7, 11) is -2.49. The Morgan fingerprint density at radius 1 is 0.889 bits per heavy atom. The molecule has 0 aliphatic carbocycles. The molecule has 5 rings (SSSR count). The minimum absolute atomic E-state index is 0.136. The van der Waals surface area contributed by atoms with Gasteiger partial charge < -0.3 is 0 Å². The van der Waals surface area contributed by atoms with E-state index < -0.39 is 24.0 Å². The van der Waals surface area contributed by atoms with Crippen LogP contribution in [0.15, 0.2) is 109 Å². The van der Waals surface area contributed by atoms with Gasteiger partial charge in [-0.25, -0.2) is 0 Å². The Morgan fingerprint density at radius 2 is 1.56 bits per heavy atom. The molecular weight excluding hydrogens is 541 g/mol. The van der Waals surface area contributed by atoms with Crippen molar-refractivity contribution in [3.05, 3.63) is 126 Å². The molecular formula is C29H26ClNO4Se. The van der Waals surface area contributed by atoms with E-state index in [2.05, 4.69) is 56.1 Å². The third-order valence-corrected chi connectivity index (χ3v) is 11.8. The van der Waals surface area contributed by atoms with E-state index in [-0.39, 0.29) is 5.41 Å². The molecule has 0 spiro atoms. The summed E-state index contributed by atoms with van der Waals surface area (Å²) < 4.78 is 41.6. The number of benzene rings is 3. The fourth-order valence-corrected chi connectivity index (χ4v) is 9.95. The van der Waals surface area contributed by atoms with Gasteiger partial charge in [0.05, 0.1) is 0 Å². The summed E-state index contributed by atoms with van der Waals surface area (Å²) >= 11 is -2.61. The van der Waals surface area contributed by atoms with Gasteiger partial charge in [0.2, 0.25) is 0 Å². The van der Waals surface area contributed by atoms with Crippen LogP contribution >= 0.6 is 0 Å². The molecule has 0 aromatic heterocycles. The number of likely N-dealkylation sites (N-methyl/N-ethyl adjacent to an activating group) is 1. The maximum absolute atomic E-state index is 11.6. The van der Waals surface area contributed by atoms with Crippen molar-refractivity contribution in [1.82, 2.24) is 0 Å². The maximum atomic E-state index is 11.6. The predicted octanol–water partition coefficient (Wildman–Crippen LogP) is 1.87. The van der Waals surface area contributed by atoms with Crippen molar-refractivity contribution in [3.8, 4) is 0 Å². The quantitative estimate of drug-likeness (QED) is 0.441. The average molecular weight is 567 g/mol. The standard InChI is InChI=1S/C29H26ClNO4Se/c1-29(2)24-16-8-9-17-25(24)31(3)28(29)19-11-14-22-20-27(21-12-5-4-6-13-21)36(35-30(32,33)34)26-18-10-7-15-23(22)26/h4-20H,1-3H3/b14-11+,28-19-. The molecule has 0 amide bonds. The first-order valence-electron chi connectivity index (χ1n) is 11.5. The molecule has 0 saturated heterocycles. The van der Waals surface area contributed by atoms with Crippen LogP contribution in [-0.4, -0.2) is 25.3 Å². The molecule has 3 aromatic carbocycles. The van der Waals surface area contributed by atoms with Gasteiger partial charge >= 0.3 is 218 Å². The summed E-state index contributed by atoms with van der Waals surface area (Å²) in [6.45, 7) is 4.45. The van der Waals surface area contributed by atoms with Crippen LogP contribution in [0, 0.1) is 10.2 Å². The molecule has 0 bridgehead atoms. The monoisotopic (exact) mass is 567 g/mol. The van der Waals surface area contributed by atoms with Crippen molar-refractivity contribution >= 4 is 33.9 Å². The first-order chi connectivity index (χ1) is 17.2. The van der Waals surface area contributed by atoms with E-state index in [0.717, 1.165) is 25.6 Å². The molecule has 2 heterocycles. The van der Waals surface area contributed by atoms with Crippen molar-refractivity contribution in [2.45, 2.75) is 19.3 Å². The van der Waals surface area contributed by atoms with Crippen molar-refractivity contribution in [2.24, 2.45) is 0 Å². The molecule has 0 fully saturated rings. The van der Waals surface area contributed by atoms with Crippen molar-refractivity contribution < 1.29 is 27.6 Å². The first kappa shape index (κ1) is 24.9. The Labute approximate surface area is 217 Å². The van der Waals surface area contributed by atoms with E-state index in [1.807, 2.05) is 72.8 Å². The van der Waals surface area contributed by atoms with Crippen LogP contribution in [0.2, 0.25) is 0 Å². The first-order valence-corrected chi connectivity index (χ1v) is 15.1. The van der Waals surface area contributed by atoms with Gasteiger partial charge in [-0.15, -0.1) is 0 Å². The topological polar surface area (TPSA) is 81.7 Å². The van der Waals surface area contributed by atoms with Crippen LogP contribution in [0.25, 0.3) is 5.57 Å². The minimum atomic E-state index is -4.57. The Kier molecular flexibility index (Phi) is 6.62. The summed E-state index contributed by atoms with van der Waals surface area (Å²) in [6, 6.07) is 25.5. The molecule has 2 aliphatic rings. The van der Waals surface area contributed by atoms with Gasteiger partial charge in [-0.05, 0) is 0 Å². The molecule has 0 N–H and O–H groups in total. The third kappa shape index (κ3) is 4.65. The Hall–Kier alpha value is -2.80.